The Morgan fingerprint density at radius 2 is 2.18 bits per heavy atom. The van der Waals surface area contributed by atoms with Gasteiger partial charge in [-0.05, 0) is 24.9 Å². The van der Waals surface area contributed by atoms with E-state index in [9.17, 15) is 18.5 Å². The molecule has 0 aliphatic carbocycles. The zero-order valence-corrected chi connectivity index (χ0v) is 13.2. The molecule has 0 bridgehead atoms. The molecule has 1 aromatic rings. The first-order valence-corrected chi connectivity index (χ1v) is 8.39. The van der Waals surface area contributed by atoms with Gasteiger partial charge in [0.2, 0.25) is 10.0 Å². The molecule has 1 heterocycles. The van der Waals surface area contributed by atoms with Gasteiger partial charge in [-0.1, -0.05) is 6.92 Å². The third kappa shape index (κ3) is 3.54. The van der Waals surface area contributed by atoms with Gasteiger partial charge in [-0.25, -0.2) is 13.1 Å². The lowest BCUT2D eigenvalue weighted by molar-refractivity contribution is -0.385. The Morgan fingerprint density at radius 3 is 2.77 bits per heavy atom. The summed E-state index contributed by atoms with van der Waals surface area (Å²) < 4.78 is 32.8. The Kier molecular flexibility index (Phi) is 4.99. The van der Waals surface area contributed by atoms with Gasteiger partial charge in [0.05, 0.1) is 12.0 Å². The van der Waals surface area contributed by atoms with E-state index < -0.39 is 14.9 Å². The minimum atomic E-state index is -3.91. The molecule has 22 heavy (non-hydrogen) atoms. The van der Waals surface area contributed by atoms with E-state index in [1.165, 1.54) is 19.2 Å². The van der Waals surface area contributed by atoms with Crippen molar-refractivity contribution >= 4 is 15.7 Å². The fourth-order valence-corrected chi connectivity index (χ4v) is 3.93. The average Bonchev–Trinajstić information content (AvgIpc) is 2.48. The Morgan fingerprint density at radius 1 is 1.45 bits per heavy atom. The zero-order chi connectivity index (χ0) is 16.3. The molecule has 2 unspecified atom stereocenters. The molecule has 0 saturated carbocycles. The van der Waals surface area contributed by atoms with Crippen molar-refractivity contribution in [3.63, 3.8) is 0 Å². The fourth-order valence-electron chi connectivity index (χ4n) is 2.40. The second kappa shape index (κ2) is 6.59. The average molecular weight is 329 g/mol. The summed E-state index contributed by atoms with van der Waals surface area (Å²) in [5.74, 6) is 0.259. The summed E-state index contributed by atoms with van der Waals surface area (Å²) in [6.07, 6.45) is 0.860. The number of rotatable bonds is 5. The highest BCUT2D eigenvalue weighted by atomic mass is 32.2. The van der Waals surface area contributed by atoms with Gasteiger partial charge in [0.25, 0.3) is 5.69 Å². The van der Waals surface area contributed by atoms with Gasteiger partial charge in [-0.15, -0.1) is 0 Å². The van der Waals surface area contributed by atoms with Crippen LogP contribution in [0.4, 0.5) is 5.69 Å². The molecule has 2 N–H and O–H groups in total. The summed E-state index contributed by atoms with van der Waals surface area (Å²) >= 11 is 0. The monoisotopic (exact) mass is 329 g/mol. The van der Waals surface area contributed by atoms with E-state index in [1.54, 1.807) is 0 Å². The number of sulfonamides is 1. The lowest BCUT2D eigenvalue weighted by Gasteiger charge is -2.30. The maximum absolute atomic E-state index is 12.6. The largest absolute Gasteiger partial charge is 0.495 e. The van der Waals surface area contributed by atoms with E-state index in [4.69, 9.17) is 4.74 Å². The van der Waals surface area contributed by atoms with Crippen LogP contribution in [-0.4, -0.2) is 39.6 Å². The molecular weight excluding hydrogens is 310 g/mol. The molecule has 0 aromatic heterocycles. The maximum atomic E-state index is 12.6. The van der Waals surface area contributed by atoms with Crippen LogP contribution in [0.3, 0.4) is 0 Å². The summed E-state index contributed by atoms with van der Waals surface area (Å²) in [6.45, 7) is 3.34. The molecule has 9 heteroatoms. The first-order valence-electron chi connectivity index (χ1n) is 6.90. The van der Waals surface area contributed by atoms with E-state index in [2.05, 4.69) is 10.0 Å². The van der Waals surface area contributed by atoms with Crippen LogP contribution >= 0.6 is 0 Å². The number of hydrogen-bond acceptors (Lipinski definition) is 6. The van der Waals surface area contributed by atoms with Crippen LogP contribution in [0.2, 0.25) is 0 Å². The Balaban J connectivity index is 2.35. The number of benzene rings is 1. The second-order valence-electron chi connectivity index (χ2n) is 5.29. The van der Waals surface area contributed by atoms with Crippen molar-refractivity contribution < 1.29 is 18.1 Å². The maximum Gasteiger partial charge on any atom is 0.271 e. The van der Waals surface area contributed by atoms with Gasteiger partial charge in [0.15, 0.2) is 0 Å². The Labute approximate surface area is 129 Å². The molecule has 1 aliphatic rings. The molecule has 0 spiro atoms. The van der Waals surface area contributed by atoms with Gasteiger partial charge in [-0.3, -0.25) is 10.1 Å². The summed E-state index contributed by atoms with van der Waals surface area (Å²) in [7, 11) is -2.59. The number of ether oxygens (including phenoxy) is 1. The van der Waals surface area contributed by atoms with Gasteiger partial charge in [0.1, 0.15) is 10.6 Å². The number of hydrogen-bond donors (Lipinski definition) is 2. The van der Waals surface area contributed by atoms with Crippen molar-refractivity contribution in [2.75, 3.05) is 20.2 Å². The van der Waals surface area contributed by atoms with Crippen molar-refractivity contribution in [3.8, 4) is 5.75 Å². The van der Waals surface area contributed by atoms with Gasteiger partial charge < -0.3 is 10.1 Å². The molecule has 1 aliphatic heterocycles. The Bertz CT molecular complexity index is 662. The lowest BCUT2D eigenvalue weighted by atomic mass is 9.96. The topological polar surface area (TPSA) is 111 Å². The standard InChI is InChI=1S/C13H19N3O5S/c1-9-5-6-14-8-11(9)15-22(19,20)13-7-10(16(17)18)3-4-12(13)21-2/h3-4,7,9,11,14-15H,5-6,8H2,1-2H3. The number of piperidine rings is 1. The lowest BCUT2D eigenvalue weighted by Crippen LogP contribution is -2.50. The van der Waals surface area contributed by atoms with Crippen LogP contribution in [0.5, 0.6) is 5.75 Å². The van der Waals surface area contributed by atoms with Gasteiger partial charge in [-0.2, -0.15) is 0 Å². The van der Waals surface area contributed by atoms with Crippen LogP contribution in [0.15, 0.2) is 23.1 Å². The predicted octanol–water partition coefficient (Wildman–Crippen LogP) is 0.880. The number of non-ortho nitro benzene ring substituents is 1. The molecule has 122 valence electrons. The number of nitrogens with one attached hydrogen (secondary N) is 2. The summed E-state index contributed by atoms with van der Waals surface area (Å²) in [4.78, 5) is 10.0. The number of methoxy groups -OCH3 is 1. The normalized spacial score (nSPS) is 22.3. The highest BCUT2D eigenvalue weighted by Gasteiger charge is 2.29. The zero-order valence-electron chi connectivity index (χ0n) is 12.4. The molecule has 1 saturated heterocycles. The first kappa shape index (κ1) is 16.7. The van der Waals surface area contributed by atoms with Crippen molar-refractivity contribution in [1.29, 1.82) is 0 Å². The highest BCUT2D eigenvalue weighted by molar-refractivity contribution is 7.89. The Hall–Kier alpha value is -1.71. The second-order valence-corrected chi connectivity index (χ2v) is 6.97. The van der Waals surface area contributed by atoms with E-state index in [1.807, 2.05) is 6.92 Å². The van der Waals surface area contributed by atoms with Crippen LogP contribution in [-0.2, 0) is 10.0 Å². The minimum Gasteiger partial charge on any atom is -0.495 e. The third-order valence-electron chi connectivity index (χ3n) is 3.78. The molecule has 1 aromatic carbocycles. The molecule has 0 amide bonds. The van der Waals surface area contributed by atoms with E-state index in [0.29, 0.717) is 6.54 Å². The summed E-state index contributed by atoms with van der Waals surface area (Å²) in [6, 6.07) is 3.25. The third-order valence-corrected chi connectivity index (χ3v) is 5.29. The van der Waals surface area contributed by atoms with Crippen molar-refractivity contribution in [3.05, 3.63) is 28.3 Å². The SMILES string of the molecule is COc1ccc([N+](=O)[O-])cc1S(=O)(=O)NC1CNCCC1C. The number of nitrogens with zero attached hydrogens (tertiary/aromatic N) is 1. The van der Waals surface area contributed by atoms with Crippen molar-refractivity contribution in [2.24, 2.45) is 5.92 Å². The first-order chi connectivity index (χ1) is 10.3. The molecular formula is C13H19N3O5S. The van der Waals surface area contributed by atoms with E-state index in [-0.39, 0.29) is 28.3 Å². The van der Waals surface area contributed by atoms with Crippen LogP contribution in [0.25, 0.3) is 0 Å². The van der Waals surface area contributed by atoms with Crippen LogP contribution in [0.1, 0.15) is 13.3 Å². The van der Waals surface area contributed by atoms with Gasteiger partial charge in [0, 0.05) is 24.7 Å². The number of nitro benzene ring substituents is 1. The smallest absolute Gasteiger partial charge is 0.271 e. The summed E-state index contributed by atoms with van der Waals surface area (Å²) in [5, 5.41) is 14.0. The number of nitro groups is 1. The molecule has 1 fully saturated rings. The highest BCUT2D eigenvalue weighted by Crippen LogP contribution is 2.28. The van der Waals surface area contributed by atoms with Gasteiger partial charge >= 0.3 is 0 Å². The minimum absolute atomic E-state index is 0.0783. The molecule has 2 atom stereocenters. The molecule has 0 radical (unpaired) electrons. The fraction of sp³-hybridized carbons (Fsp3) is 0.538. The predicted molar refractivity (Wildman–Crippen MR) is 80.4 cm³/mol. The van der Waals surface area contributed by atoms with Crippen LogP contribution in [0, 0.1) is 16.0 Å². The van der Waals surface area contributed by atoms with Crippen molar-refractivity contribution in [2.45, 2.75) is 24.3 Å². The molecule has 8 nitrogen and oxygen atoms in total. The molecule has 2 rings (SSSR count). The summed E-state index contributed by atoms with van der Waals surface area (Å²) in [5.41, 5.74) is -0.295. The van der Waals surface area contributed by atoms with Crippen molar-refractivity contribution in [1.82, 2.24) is 10.0 Å². The quantitative estimate of drug-likeness (QED) is 0.613. The van der Waals surface area contributed by atoms with Crippen LogP contribution < -0.4 is 14.8 Å². The van der Waals surface area contributed by atoms with E-state index >= 15 is 0 Å². The van der Waals surface area contributed by atoms with E-state index in [0.717, 1.165) is 19.0 Å².